The summed E-state index contributed by atoms with van der Waals surface area (Å²) in [4.78, 5) is 12.1. The molecular formula is C13H12N6O2. The van der Waals surface area contributed by atoms with Gasteiger partial charge in [0, 0.05) is 17.7 Å². The van der Waals surface area contributed by atoms with E-state index in [-0.39, 0.29) is 5.91 Å². The smallest absolute Gasteiger partial charge is 0.251 e. The average molecular weight is 284 g/mol. The molecule has 1 aromatic carbocycles. The minimum absolute atomic E-state index is 0.189. The molecule has 0 aliphatic heterocycles. The molecule has 0 saturated carbocycles. The Morgan fingerprint density at radius 2 is 2.33 bits per heavy atom. The molecular weight excluding hydrogens is 272 g/mol. The normalized spacial score (nSPS) is 10.5. The molecule has 0 unspecified atom stereocenters. The monoisotopic (exact) mass is 284 g/mol. The van der Waals surface area contributed by atoms with E-state index in [2.05, 4.69) is 26.0 Å². The number of hydrogen-bond donors (Lipinski definition) is 1. The molecule has 1 N–H and O–H groups in total. The van der Waals surface area contributed by atoms with Gasteiger partial charge in [0.1, 0.15) is 12.1 Å². The number of hydrogen-bond acceptors (Lipinski definition) is 6. The fourth-order valence-corrected chi connectivity index (χ4v) is 1.84. The molecule has 0 radical (unpaired) electrons. The second-order valence-corrected chi connectivity index (χ2v) is 4.39. The number of tetrazole rings is 1. The highest BCUT2D eigenvalue weighted by Crippen LogP contribution is 2.10. The van der Waals surface area contributed by atoms with Crippen LogP contribution in [-0.2, 0) is 6.54 Å². The first-order chi connectivity index (χ1) is 10.2. The van der Waals surface area contributed by atoms with Gasteiger partial charge >= 0.3 is 0 Å². The summed E-state index contributed by atoms with van der Waals surface area (Å²) in [6.07, 6.45) is 3.06. The lowest BCUT2D eigenvalue weighted by Crippen LogP contribution is -2.23. The van der Waals surface area contributed by atoms with Crippen LogP contribution in [0, 0.1) is 6.92 Å². The van der Waals surface area contributed by atoms with Crippen molar-refractivity contribution >= 4 is 5.91 Å². The van der Waals surface area contributed by atoms with Crippen molar-refractivity contribution in [1.29, 1.82) is 0 Å². The molecule has 2 heterocycles. The van der Waals surface area contributed by atoms with E-state index in [9.17, 15) is 4.79 Å². The maximum Gasteiger partial charge on any atom is 0.251 e. The second-order valence-electron chi connectivity index (χ2n) is 4.39. The Bertz CT molecular complexity index is 750. The van der Waals surface area contributed by atoms with Gasteiger partial charge in [-0.1, -0.05) is 11.2 Å². The van der Waals surface area contributed by atoms with Crippen molar-refractivity contribution in [3.05, 3.63) is 53.7 Å². The van der Waals surface area contributed by atoms with Gasteiger partial charge in [0.15, 0.2) is 0 Å². The molecule has 0 spiro atoms. The van der Waals surface area contributed by atoms with E-state index in [1.165, 1.54) is 11.0 Å². The first kappa shape index (κ1) is 13.0. The van der Waals surface area contributed by atoms with E-state index in [0.29, 0.717) is 23.6 Å². The minimum atomic E-state index is -0.189. The Balaban J connectivity index is 1.73. The van der Waals surface area contributed by atoms with Crippen LogP contribution >= 0.6 is 0 Å². The van der Waals surface area contributed by atoms with Gasteiger partial charge in [-0.15, -0.1) is 5.10 Å². The number of nitrogens with zero attached hydrogens (tertiary/aromatic N) is 5. The molecule has 0 aliphatic carbocycles. The highest BCUT2D eigenvalue weighted by molar-refractivity contribution is 5.94. The molecule has 8 nitrogen and oxygen atoms in total. The van der Waals surface area contributed by atoms with Crippen molar-refractivity contribution in [2.24, 2.45) is 0 Å². The van der Waals surface area contributed by atoms with E-state index in [1.54, 1.807) is 31.3 Å². The van der Waals surface area contributed by atoms with Gasteiger partial charge in [-0.25, -0.2) is 4.68 Å². The zero-order chi connectivity index (χ0) is 14.7. The number of carbonyl (C=O) groups is 1. The van der Waals surface area contributed by atoms with Crippen LogP contribution in [0.1, 0.15) is 21.7 Å². The van der Waals surface area contributed by atoms with Gasteiger partial charge < -0.3 is 9.84 Å². The van der Waals surface area contributed by atoms with E-state index >= 15 is 0 Å². The van der Waals surface area contributed by atoms with Crippen molar-refractivity contribution in [3.8, 4) is 5.69 Å². The Morgan fingerprint density at radius 3 is 3.05 bits per heavy atom. The summed E-state index contributed by atoms with van der Waals surface area (Å²) in [6.45, 7) is 2.16. The van der Waals surface area contributed by atoms with Crippen molar-refractivity contribution in [3.63, 3.8) is 0 Å². The van der Waals surface area contributed by atoms with Crippen molar-refractivity contribution in [1.82, 2.24) is 30.7 Å². The highest BCUT2D eigenvalue weighted by Gasteiger charge is 2.09. The van der Waals surface area contributed by atoms with Crippen LogP contribution in [0.3, 0.4) is 0 Å². The maximum atomic E-state index is 12.1. The number of carbonyl (C=O) groups excluding carboxylic acids is 1. The molecule has 21 heavy (non-hydrogen) atoms. The van der Waals surface area contributed by atoms with E-state index < -0.39 is 0 Å². The van der Waals surface area contributed by atoms with Crippen molar-refractivity contribution in [2.45, 2.75) is 13.5 Å². The molecule has 8 heteroatoms. The minimum Gasteiger partial charge on any atom is -0.361 e. The van der Waals surface area contributed by atoms with Crippen LogP contribution in [0.4, 0.5) is 0 Å². The predicted octanol–water partition coefficient (Wildman–Crippen LogP) is 0.889. The fourth-order valence-electron chi connectivity index (χ4n) is 1.84. The van der Waals surface area contributed by atoms with Crippen LogP contribution in [0.15, 0.2) is 41.3 Å². The SMILES string of the molecule is Cc1oncc1CNC(=O)c1cccc(-n2cnnn2)c1. The Kier molecular flexibility index (Phi) is 3.42. The first-order valence-corrected chi connectivity index (χ1v) is 6.26. The number of nitrogens with one attached hydrogen (secondary N) is 1. The van der Waals surface area contributed by atoms with E-state index in [0.717, 1.165) is 5.56 Å². The van der Waals surface area contributed by atoms with E-state index in [4.69, 9.17) is 4.52 Å². The van der Waals surface area contributed by atoms with Gasteiger partial charge in [0.2, 0.25) is 0 Å². The topological polar surface area (TPSA) is 98.7 Å². The summed E-state index contributed by atoms with van der Waals surface area (Å²) < 4.78 is 6.43. The van der Waals surface area contributed by atoms with E-state index in [1.807, 2.05) is 6.07 Å². The molecule has 0 aliphatic rings. The number of aromatic nitrogens is 5. The average Bonchev–Trinajstić information content (AvgIpc) is 3.16. The fraction of sp³-hybridized carbons (Fsp3) is 0.154. The third-order valence-electron chi connectivity index (χ3n) is 3.01. The molecule has 3 aromatic rings. The van der Waals surface area contributed by atoms with Gasteiger partial charge in [0.25, 0.3) is 5.91 Å². The molecule has 0 atom stereocenters. The third kappa shape index (κ3) is 2.78. The largest absolute Gasteiger partial charge is 0.361 e. The summed E-state index contributed by atoms with van der Waals surface area (Å²) in [7, 11) is 0. The maximum absolute atomic E-state index is 12.1. The zero-order valence-corrected chi connectivity index (χ0v) is 11.2. The molecule has 3 rings (SSSR count). The van der Waals surface area contributed by atoms with Crippen molar-refractivity contribution in [2.75, 3.05) is 0 Å². The van der Waals surface area contributed by atoms with Crippen LogP contribution < -0.4 is 5.32 Å². The lowest BCUT2D eigenvalue weighted by atomic mass is 10.2. The number of benzene rings is 1. The quantitative estimate of drug-likeness (QED) is 0.763. The second kappa shape index (κ2) is 5.53. The van der Waals surface area contributed by atoms with Gasteiger partial charge in [-0.05, 0) is 35.5 Å². The van der Waals surface area contributed by atoms with Gasteiger partial charge in [-0.3, -0.25) is 4.79 Å². The molecule has 0 fully saturated rings. The summed E-state index contributed by atoms with van der Waals surface area (Å²) in [6, 6.07) is 7.03. The van der Waals surface area contributed by atoms with Crippen molar-refractivity contribution < 1.29 is 9.32 Å². The van der Waals surface area contributed by atoms with Crippen LogP contribution in [0.5, 0.6) is 0 Å². The molecule has 106 valence electrons. The number of amides is 1. The number of rotatable bonds is 4. The van der Waals surface area contributed by atoms with Crippen LogP contribution in [0.25, 0.3) is 5.69 Å². The highest BCUT2D eigenvalue weighted by atomic mass is 16.5. The van der Waals surface area contributed by atoms with Crippen LogP contribution in [-0.4, -0.2) is 31.3 Å². The standard InChI is InChI=1S/C13H12N6O2/c1-9-11(7-16-21-9)6-14-13(20)10-3-2-4-12(5-10)19-8-15-17-18-19/h2-5,7-8H,6H2,1H3,(H,14,20). The molecule has 2 aromatic heterocycles. The lowest BCUT2D eigenvalue weighted by Gasteiger charge is -2.06. The summed E-state index contributed by atoms with van der Waals surface area (Å²) in [5.74, 6) is 0.503. The summed E-state index contributed by atoms with van der Waals surface area (Å²) in [5.41, 5.74) is 2.09. The lowest BCUT2D eigenvalue weighted by molar-refractivity contribution is 0.0951. The Labute approximate surface area is 119 Å². The Hall–Kier alpha value is -3.03. The molecule has 0 saturated heterocycles. The zero-order valence-electron chi connectivity index (χ0n) is 11.2. The first-order valence-electron chi connectivity index (χ1n) is 6.26. The molecule has 0 bridgehead atoms. The number of aryl methyl sites for hydroxylation is 1. The van der Waals surface area contributed by atoms with Gasteiger partial charge in [0.05, 0.1) is 11.9 Å². The third-order valence-corrected chi connectivity index (χ3v) is 3.01. The molecule has 1 amide bonds. The predicted molar refractivity (Wildman–Crippen MR) is 71.6 cm³/mol. The van der Waals surface area contributed by atoms with Crippen LogP contribution in [0.2, 0.25) is 0 Å². The van der Waals surface area contributed by atoms with Gasteiger partial charge in [-0.2, -0.15) is 0 Å². The summed E-state index contributed by atoms with van der Waals surface area (Å²) >= 11 is 0. The summed E-state index contributed by atoms with van der Waals surface area (Å²) in [5, 5.41) is 17.4. The Morgan fingerprint density at radius 1 is 1.43 bits per heavy atom.